The maximum Gasteiger partial charge on any atom is 0.322 e. The highest BCUT2D eigenvalue weighted by Gasteiger charge is 2.24. The zero-order chi connectivity index (χ0) is 17.2. The van der Waals surface area contributed by atoms with Gasteiger partial charge >= 0.3 is 6.01 Å². The fourth-order valence-electron chi connectivity index (χ4n) is 2.76. The zero-order valence-electron chi connectivity index (χ0n) is 13.4. The highest BCUT2D eigenvalue weighted by molar-refractivity contribution is 7.91. The predicted molar refractivity (Wildman–Crippen MR) is 88.0 cm³/mol. The van der Waals surface area contributed by atoms with Crippen molar-refractivity contribution in [3.63, 3.8) is 0 Å². The highest BCUT2D eigenvalue weighted by atomic mass is 32.2. The van der Waals surface area contributed by atoms with Gasteiger partial charge in [0.1, 0.15) is 0 Å². The van der Waals surface area contributed by atoms with Gasteiger partial charge in [-0.1, -0.05) is 24.9 Å². The van der Waals surface area contributed by atoms with E-state index in [2.05, 4.69) is 15.5 Å². The maximum atomic E-state index is 12.0. The smallest absolute Gasteiger partial charge is 0.322 e. The van der Waals surface area contributed by atoms with Crippen LogP contribution in [0, 0.1) is 5.92 Å². The molecule has 128 valence electrons. The normalized spacial score (nSPS) is 15.5. The van der Waals surface area contributed by atoms with Crippen molar-refractivity contribution in [1.29, 1.82) is 0 Å². The summed E-state index contributed by atoms with van der Waals surface area (Å²) in [7, 11) is -3.24. The summed E-state index contributed by atoms with van der Waals surface area (Å²) in [6.45, 7) is 1.60. The van der Waals surface area contributed by atoms with Crippen LogP contribution in [0.5, 0.6) is 0 Å². The number of anilines is 1. The van der Waals surface area contributed by atoms with E-state index >= 15 is 0 Å². The van der Waals surface area contributed by atoms with Gasteiger partial charge in [-0.3, -0.25) is 10.1 Å². The van der Waals surface area contributed by atoms with Gasteiger partial charge in [0.2, 0.25) is 11.8 Å². The molecule has 1 N–H and O–H groups in total. The molecular formula is C16H19N3O4S. The molecule has 0 spiro atoms. The third-order valence-electron chi connectivity index (χ3n) is 4.22. The molecule has 8 heteroatoms. The lowest BCUT2D eigenvalue weighted by molar-refractivity contribution is -0.119. The topological polar surface area (TPSA) is 102 Å². The van der Waals surface area contributed by atoms with E-state index in [0.717, 1.165) is 25.7 Å². The summed E-state index contributed by atoms with van der Waals surface area (Å²) >= 11 is 0. The number of nitrogens with one attached hydrogen (secondary N) is 1. The van der Waals surface area contributed by atoms with Crippen molar-refractivity contribution >= 4 is 21.8 Å². The Morgan fingerprint density at radius 1 is 1.21 bits per heavy atom. The Labute approximate surface area is 140 Å². The summed E-state index contributed by atoms with van der Waals surface area (Å²) < 4.78 is 29.1. The maximum absolute atomic E-state index is 12.0. The van der Waals surface area contributed by atoms with E-state index in [9.17, 15) is 13.2 Å². The number of carbonyl (C=O) groups excluding carboxylic acids is 1. The predicted octanol–water partition coefficient (Wildman–Crippen LogP) is 2.66. The molecule has 0 unspecified atom stereocenters. The molecule has 2 aromatic rings. The first-order chi connectivity index (χ1) is 11.5. The van der Waals surface area contributed by atoms with Crippen molar-refractivity contribution in [3.05, 3.63) is 24.3 Å². The van der Waals surface area contributed by atoms with Crippen LogP contribution in [0.15, 0.2) is 33.6 Å². The first kappa shape index (κ1) is 16.6. The van der Waals surface area contributed by atoms with Crippen molar-refractivity contribution in [2.75, 3.05) is 11.1 Å². The van der Waals surface area contributed by atoms with Gasteiger partial charge < -0.3 is 4.42 Å². The molecule has 0 saturated heterocycles. The van der Waals surface area contributed by atoms with Crippen molar-refractivity contribution in [2.45, 2.75) is 37.5 Å². The lowest BCUT2D eigenvalue weighted by Crippen LogP contribution is -2.20. The number of amides is 1. The van der Waals surface area contributed by atoms with Gasteiger partial charge in [-0.2, -0.15) is 0 Å². The molecule has 0 aliphatic heterocycles. The standard InChI is InChI=1S/C16H19N3O4S/c1-2-24(21,22)13-9-7-12(8-10-13)15-18-19-16(23-15)17-14(20)11-5-3-4-6-11/h7-11H,2-6H2,1H3,(H,17,19,20). The SMILES string of the molecule is CCS(=O)(=O)c1ccc(-c2nnc(NC(=O)C3CCCC3)o2)cc1. The Kier molecular flexibility index (Phi) is 4.66. The lowest BCUT2D eigenvalue weighted by Gasteiger charge is -2.06. The van der Waals surface area contributed by atoms with Gasteiger partial charge in [-0.05, 0) is 37.1 Å². The Morgan fingerprint density at radius 2 is 1.88 bits per heavy atom. The van der Waals surface area contributed by atoms with Crippen LogP contribution in [0.25, 0.3) is 11.5 Å². The van der Waals surface area contributed by atoms with E-state index in [4.69, 9.17) is 4.42 Å². The Bertz CT molecular complexity index is 821. The second kappa shape index (κ2) is 6.72. The van der Waals surface area contributed by atoms with Gasteiger partial charge in [0, 0.05) is 11.5 Å². The summed E-state index contributed by atoms with van der Waals surface area (Å²) in [4.78, 5) is 12.3. The lowest BCUT2D eigenvalue weighted by atomic mass is 10.1. The molecule has 1 heterocycles. The van der Waals surface area contributed by atoms with Crippen molar-refractivity contribution in [1.82, 2.24) is 10.2 Å². The average Bonchev–Trinajstić information content (AvgIpc) is 3.27. The highest BCUT2D eigenvalue weighted by Crippen LogP contribution is 2.27. The van der Waals surface area contributed by atoms with Gasteiger partial charge in [-0.15, -0.1) is 5.10 Å². The van der Waals surface area contributed by atoms with Crippen LogP contribution < -0.4 is 5.32 Å². The van der Waals surface area contributed by atoms with E-state index in [-0.39, 0.29) is 34.4 Å². The number of benzene rings is 1. The van der Waals surface area contributed by atoms with Crippen LogP contribution in [0.2, 0.25) is 0 Å². The first-order valence-electron chi connectivity index (χ1n) is 7.97. The number of hydrogen-bond donors (Lipinski definition) is 1. The van der Waals surface area contributed by atoms with Crippen LogP contribution in [-0.4, -0.2) is 30.3 Å². The number of nitrogens with zero attached hydrogens (tertiary/aromatic N) is 2. The minimum atomic E-state index is -3.24. The number of carbonyl (C=O) groups is 1. The van der Waals surface area contributed by atoms with E-state index in [1.165, 1.54) is 12.1 Å². The molecule has 0 bridgehead atoms. The van der Waals surface area contributed by atoms with Crippen LogP contribution in [0.1, 0.15) is 32.6 Å². The summed E-state index contributed by atoms with van der Waals surface area (Å²) in [6, 6.07) is 6.30. The van der Waals surface area contributed by atoms with Crippen LogP contribution in [0.3, 0.4) is 0 Å². The van der Waals surface area contributed by atoms with Gasteiger partial charge in [0.25, 0.3) is 0 Å². The van der Waals surface area contributed by atoms with E-state index < -0.39 is 9.84 Å². The molecule has 1 aliphatic carbocycles. The minimum Gasteiger partial charge on any atom is -0.403 e. The van der Waals surface area contributed by atoms with E-state index in [1.54, 1.807) is 19.1 Å². The first-order valence-corrected chi connectivity index (χ1v) is 9.62. The molecule has 1 fully saturated rings. The van der Waals surface area contributed by atoms with Crippen LogP contribution >= 0.6 is 0 Å². The molecule has 1 aromatic carbocycles. The Morgan fingerprint density at radius 3 is 2.50 bits per heavy atom. The van der Waals surface area contributed by atoms with Crippen molar-refractivity contribution in [3.8, 4) is 11.5 Å². The zero-order valence-corrected chi connectivity index (χ0v) is 14.2. The summed E-state index contributed by atoms with van der Waals surface area (Å²) in [5.41, 5.74) is 0.596. The molecule has 24 heavy (non-hydrogen) atoms. The van der Waals surface area contributed by atoms with E-state index in [0.29, 0.717) is 5.56 Å². The summed E-state index contributed by atoms with van der Waals surface area (Å²) in [5, 5.41) is 10.4. The number of aromatic nitrogens is 2. The fraction of sp³-hybridized carbons (Fsp3) is 0.438. The Balaban J connectivity index is 1.72. The second-order valence-electron chi connectivity index (χ2n) is 5.81. The molecular weight excluding hydrogens is 330 g/mol. The minimum absolute atomic E-state index is 0.0129. The van der Waals surface area contributed by atoms with E-state index in [1.807, 2.05) is 0 Å². The quantitative estimate of drug-likeness (QED) is 0.890. The third kappa shape index (κ3) is 3.48. The summed E-state index contributed by atoms with van der Waals surface area (Å²) in [6.07, 6.45) is 3.92. The summed E-state index contributed by atoms with van der Waals surface area (Å²) in [5.74, 6) is 0.202. The average molecular weight is 349 g/mol. The molecule has 0 radical (unpaired) electrons. The van der Waals surface area contributed by atoms with Crippen LogP contribution in [0.4, 0.5) is 6.01 Å². The Hall–Kier alpha value is -2.22. The molecule has 1 aromatic heterocycles. The second-order valence-corrected chi connectivity index (χ2v) is 8.09. The fourth-order valence-corrected chi connectivity index (χ4v) is 3.64. The van der Waals surface area contributed by atoms with Crippen LogP contribution in [-0.2, 0) is 14.6 Å². The number of hydrogen-bond acceptors (Lipinski definition) is 6. The van der Waals surface area contributed by atoms with Crippen molar-refractivity contribution < 1.29 is 17.6 Å². The third-order valence-corrected chi connectivity index (χ3v) is 5.97. The van der Waals surface area contributed by atoms with Gasteiger partial charge in [-0.25, -0.2) is 8.42 Å². The number of rotatable bonds is 5. The van der Waals surface area contributed by atoms with Crippen molar-refractivity contribution in [2.24, 2.45) is 5.92 Å². The molecule has 1 amide bonds. The monoisotopic (exact) mass is 349 g/mol. The van der Waals surface area contributed by atoms with Gasteiger partial charge in [0.05, 0.1) is 10.6 Å². The molecule has 3 rings (SSSR count). The molecule has 1 aliphatic rings. The molecule has 7 nitrogen and oxygen atoms in total. The molecule has 1 saturated carbocycles. The van der Waals surface area contributed by atoms with Gasteiger partial charge in [0.15, 0.2) is 9.84 Å². The molecule has 0 atom stereocenters. The number of sulfone groups is 1. The largest absolute Gasteiger partial charge is 0.403 e.